The molecule has 0 radical (unpaired) electrons. The number of amides is 1. The third kappa shape index (κ3) is 6.87. The Morgan fingerprint density at radius 2 is 1.73 bits per heavy atom. The van der Waals surface area contributed by atoms with Crippen molar-refractivity contribution in [2.45, 2.75) is 25.8 Å². The molecule has 0 aromatic carbocycles. The zero-order valence-corrected chi connectivity index (χ0v) is 8.64. The van der Waals surface area contributed by atoms with Gasteiger partial charge in [0.2, 0.25) is 5.91 Å². The molecule has 88 valence electrons. The maximum atomic E-state index is 11.2. The van der Waals surface area contributed by atoms with Gasteiger partial charge >= 0.3 is 5.97 Å². The lowest BCUT2D eigenvalue weighted by Gasteiger charge is -2.14. The summed E-state index contributed by atoms with van der Waals surface area (Å²) >= 11 is 0. The van der Waals surface area contributed by atoms with E-state index in [1.54, 1.807) is 6.92 Å². The monoisotopic (exact) mass is 219 g/mol. The van der Waals surface area contributed by atoms with Crippen LogP contribution in [0.4, 0.5) is 0 Å². The maximum Gasteiger partial charge on any atom is 0.303 e. The number of hydrogen-bond donors (Lipinski definition) is 4. The molecule has 0 fully saturated rings. The second-order valence-electron chi connectivity index (χ2n) is 3.54. The lowest BCUT2D eigenvalue weighted by molar-refractivity contribution is -0.138. The van der Waals surface area contributed by atoms with E-state index in [1.807, 2.05) is 0 Å². The Morgan fingerprint density at radius 3 is 2.13 bits per heavy atom. The molecule has 0 aromatic rings. The van der Waals surface area contributed by atoms with Crippen molar-refractivity contribution < 1.29 is 24.9 Å². The molecule has 1 amide bonds. The second kappa shape index (κ2) is 7.19. The Labute approximate surface area is 87.9 Å². The van der Waals surface area contributed by atoms with Crippen LogP contribution in [0.5, 0.6) is 0 Å². The van der Waals surface area contributed by atoms with Gasteiger partial charge in [-0.1, -0.05) is 6.92 Å². The van der Waals surface area contributed by atoms with Crippen LogP contribution in [0.2, 0.25) is 0 Å². The minimum Gasteiger partial charge on any atom is -0.481 e. The fourth-order valence-corrected chi connectivity index (χ4v) is 1.12. The van der Waals surface area contributed by atoms with Crippen LogP contribution in [-0.4, -0.2) is 46.5 Å². The van der Waals surface area contributed by atoms with Crippen molar-refractivity contribution in [3.8, 4) is 0 Å². The molecule has 0 aliphatic rings. The maximum absolute atomic E-state index is 11.2. The number of aliphatic hydroxyl groups excluding tert-OH is 2. The van der Waals surface area contributed by atoms with Gasteiger partial charge in [0.25, 0.3) is 0 Å². The van der Waals surface area contributed by atoms with Crippen molar-refractivity contribution >= 4 is 11.9 Å². The predicted molar refractivity (Wildman–Crippen MR) is 52.1 cm³/mol. The molecule has 0 aromatic heterocycles. The van der Waals surface area contributed by atoms with Crippen LogP contribution in [-0.2, 0) is 9.59 Å². The standard InChI is InChI=1S/C9H17NO5/c1-6(3-9(14)15)2-8(13)10-7(4-11)5-12/h6-7,11-12H,2-5H2,1H3,(H,10,13)(H,14,15). The van der Waals surface area contributed by atoms with Crippen LogP contribution in [0, 0.1) is 5.92 Å². The molecule has 4 N–H and O–H groups in total. The summed E-state index contributed by atoms with van der Waals surface area (Å²) in [6.07, 6.45) is -0.000856. The Balaban J connectivity index is 3.86. The van der Waals surface area contributed by atoms with Gasteiger partial charge in [-0.2, -0.15) is 0 Å². The largest absolute Gasteiger partial charge is 0.481 e. The molecule has 15 heavy (non-hydrogen) atoms. The zero-order chi connectivity index (χ0) is 11.8. The quantitative estimate of drug-likeness (QED) is 0.437. The lowest BCUT2D eigenvalue weighted by atomic mass is 10.0. The first-order chi connectivity index (χ1) is 6.99. The number of aliphatic carboxylic acids is 1. The van der Waals surface area contributed by atoms with Gasteiger partial charge in [0.05, 0.1) is 19.3 Å². The second-order valence-corrected chi connectivity index (χ2v) is 3.54. The molecular weight excluding hydrogens is 202 g/mol. The summed E-state index contributed by atoms with van der Waals surface area (Å²) in [4.78, 5) is 21.6. The minimum atomic E-state index is -0.948. The van der Waals surface area contributed by atoms with Gasteiger partial charge in [0, 0.05) is 12.8 Å². The fourth-order valence-electron chi connectivity index (χ4n) is 1.12. The summed E-state index contributed by atoms with van der Waals surface area (Å²) in [7, 11) is 0. The molecule has 0 aliphatic heterocycles. The van der Waals surface area contributed by atoms with Crippen LogP contribution in [0.3, 0.4) is 0 Å². The molecule has 0 bridgehead atoms. The number of aliphatic hydroxyl groups is 2. The first-order valence-corrected chi connectivity index (χ1v) is 4.72. The topological polar surface area (TPSA) is 107 Å². The molecule has 0 aliphatic carbocycles. The summed E-state index contributed by atoms with van der Waals surface area (Å²) in [6, 6.07) is -0.672. The van der Waals surface area contributed by atoms with Crippen molar-refractivity contribution in [2.75, 3.05) is 13.2 Å². The van der Waals surface area contributed by atoms with Crippen molar-refractivity contribution in [3.05, 3.63) is 0 Å². The van der Waals surface area contributed by atoms with Crippen LogP contribution in [0.1, 0.15) is 19.8 Å². The highest BCUT2D eigenvalue weighted by atomic mass is 16.4. The molecule has 1 atom stereocenters. The van der Waals surface area contributed by atoms with Gasteiger partial charge in [0.1, 0.15) is 0 Å². The van der Waals surface area contributed by atoms with Crippen LogP contribution >= 0.6 is 0 Å². The first kappa shape index (κ1) is 13.9. The Morgan fingerprint density at radius 1 is 1.20 bits per heavy atom. The van der Waals surface area contributed by atoms with Gasteiger partial charge in [0.15, 0.2) is 0 Å². The Kier molecular flexibility index (Phi) is 6.64. The number of nitrogens with one attached hydrogen (secondary N) is 1. The van der Waals surface area contributed by atoms with Crippen molar-refractivity contribution in [1.29, 1.82) is 0 Å². The molecule has 0 spiro atoms. The number of hydrogen-bond acceptors (Lipinski definition) is 4. The zero-order valence-electron chi connectivity index (χ0n) is 8.64. The van der Waals surface area contributed by atoms with Gasteiger partial charge in [-0.3, -0.25) is 9.59 Å². The number of carbonyl (C=O) groups excluding carboxylic acids is 1. The highest BCUT2D eigenvalue weighted by Crippen LogP contribution is 2.06. The highest BCUT2D eigenvalue weighted by Gasteiger charge is 2.15. The van der Waals surface area contributed by atoms with Crippen molar-refractivity contribution in [3.63, 3.8) is 0 Å². The van der Waals surface area contributed by atoms with E-state index in [2.05, 4.69) is 5.32 Å². The van der Waals surface area contributed by atoms with E-state index < -0.39 is 12.0 Å². The molecule has 0 rings (SSSR count). The van der Waals surface area contributed by atoms with E-state index in [0.717, 1.165) is 0 Å². The fraction of sp³-hybridized carbons (Fsp3) is 0.778. The summed E-state index contributed by atoms with van der Waals surface area (Å²) in [5, 5.41) is 28.2. The lowest BCUT2D eigenvalue weighted by Crippen LogP contribution is -2.40. The molecule has 0 saturated carbocycles. The Hall–Kier alpha value is -1.14. The smallest absolute Gasteiger partial charge is 0.303 e. The third-order valence-corrected chi connectivity index (χ3v) is 1.86. The molecule has 0 saturated heterocycles. The molecule has 6 nitrogen and oxygen atoms in total. The SMILES string of the molecule is CC(CC(=O)O)CC(=O)NC(CO)CO. The third-order valence-electron chi connectivity index (χ3n) is 1.86. The summed E-state index contributed by atoms with van der Waals surface area (Å²) in [5.41, 5.74) is 0. The van der Waals surface area contributed by atoms with E-state index in [-0.39, 0.29) is 37.9 Å². The average molecular weight is 219 g/mol. The molecule has 6 heteroatoms. The van der Waals surface area contributed by atoms with E-state index in [9.17, 15) is 9.59 Å². The van der Waals surface area contributed by atoms with Crippen LogP contribution in [0.15, 0.2) is 0 Å². The van der Waals surface area contributed by atoms with E-state index in [4.69, 9.17) is 15.3 Å². The van der Waals surface area contributed by atoms with Crippen LogP contribution in [0.25, 0.3) is 0 Å². The minimum absolute atomic E-state index is 0.0722. The van der Waals surface area contributed by atoms with Crippen molar-refractivity contribution in [2.24, 2.45) is 5.92 Å². The normalized spacial score (nSPS) is 12.5. The van der Waals surface area contributed by atoms with Gasteiger partial charge in [-0.05, 0) is 5.92 Å². The van der Waals surface area contributed by atoms with E-state index >= 15 is 0 Å². The van der Waals surface area contributed by atoms with E-state index in [0.29, 0.717) is 0 Å². The summed E-state index contributed by atoms with van der Waals surface area (Å²) in [6.45, 7) is 0.978. The van der Waals surface area contributed by atoms with E-state index in [1.165, 1.54) is 0 Å². The van der Waals surface area contributed by atoms with Crippen molar-refractivity contribution in [1.82, 2.24) is 5.32 Å². The number of carbonyl (C=O) groups is 2. The van der Waals surface area contributed by atoms with Crippen LogP contribution < -0.4 is 5.32 Å². The van der Waals surface area contributed by atoms with Gasteiger partial charge in [-0.25, -0.2) is 0 Å². The Bertz CT molecular complexity index is 215. The predicted octanol–water partition coefficient (Wildman–Crippen LogP) is -1.04. The van der Waals surface area contributed by atoms with Gasteiger partial charge < -0.3 is 20.6 Å². The summed E-state index contributed by atoms with van der Waals surface area (Å²) < 4.78 is 0. The number of carboxylic acid groups (broad SMARTS) is 1. The number of rotatable bonds is 7. The molecule has 0 heterocycles. The highest BCUT2D eigenvalue weighted by molar-refractivity contribution is 5.77. The first-order valence-electron chi connectivity index (χ1n) is 4.72. The summed E-state index contributed by atoms with van der Waals surface area (Å²) in [5.74, 6) is -1.58. The number of carboxylic acids is 1. The average Bonchev–Trinajstić information content (AvgIpc) is 2.12. The molecular formula is C9H17NO5. The van der Waals surface area contributed by atoms with Gasteiger partial charge in [-0.15, -0.1) is 0 Å². The molecule has 1 unspecified atom stereocenters.